The summed E-state index contributed by atoms with van der Waals surface area (Å²) in [5.74, 6) is -0.583. The molecule has 138 valence electrons. The molecule has 6 nitrogen and oxygen atoms in total. The van der Waals surface area contributed by atoms with Gasteiger partial charge in [-0.1, -0.05) is 6.92 Å². The molecule has 0 spiro atoms. The van der Waals surface area contributed by atoms with Crippen LogP contribution in [0.3, 0.4) is 0 Å². The molecular formula is C18H31NO5. The third kappa shape index (κ3) is 5.18. The van der Waals surface area contributed by atoms with Gasteiger partial charge in [0.05, 0.1) is 12.7 Å². The number of nitrogens with zero attached hydrogens (tertiary/aromatic N) is 1. The minimum absolute atomic E-state index is 0.0676. The molecule has 0 N–H and O–H groups in total. The summed E-state index contributed by atoms with van der Waals surface area (Å²) in [5, 5.41) is 0. The number of likely N-dealkylation sites (tertiary alicyclic amines) is 1. The summed E-state index contributed by atoms with van der Waals surface area (Å²) < 4.78 is 16.3. The predicted molar refractivity (Wildman–Crippen MR) is 89.6 cm³/mol. The maximum absolute atomic E-state index is 12.6. The molecule has 0 saturated carbocycles. The number of carbonyl (C=O) groups excluding carboxylic acids is 2. The summed E-state index contributed by atoms with van der Waals surface area (Å²) in [6, 6.07) is 0.264. The summed E-state index contributed by atoms with van der Waals surface area (Å²) in [6.45, 7) is 7.30. The van der Waals surface area contributed by atoms with Crippen LogP contribution < -0.4 is 0 Å². The number of ether oxygens (including phenoxy) is 3. The van der Waals surface area contributed by atoms with E-state index in [9.17, 15) is 9.59 Å². The van der Waals surface area contributed by atoms with Crippen molar-refractivity contribution >= 4 is 11.9 Å². The van der Waals surface area contributed by atoms with Gasteiger partial charge >= 0.3 is 5.97 Å². The molecule has 4 atom stereocenters. The van der Waals surface area contributed by atoms with Crippen LogP contribution in [-0.4, -0.2) is 60.9 Å². The number of hydrogen-bond donors (Lipinski definition) is 0. The Morgan fingerprint density at radius 1 is 1.17 bits per heavy atom. The second-order valence-corrected chi connectivity index (χ2v) is 6.78. The highest BCUT2D eigenvalue weighted by Crippen LogP contribution is 2.21. The monoisotopic (exact) mass is 341 g/mol. The Balaban J connectivity index is 1.77. The average Bonchev–Trinajstić information content (AvgIpc) is 3.12. The van der Waals surface area contributed by atoms with Crippen molar-refractivity contribution in [1.29, 1.82) is 0 Å². The third-order valence-electron chi connectivity index (χ3n) is 4.91. The van der Waals surface area contributed by atoms with E-state index in [0.29, 0.717) is 6.61 Å². The van der Waals surface area contributed by atoms with Gasteiger partial charge in [0, 0.05) is 19.2 Å². The van der Waals surface area contributed by atoms with Crippen molar-refractivity contribution in [2.45, 2.75) is 83.6 Å². The Labute approximate surface area is 144 Å². The lowest BCUT2D eigenvalue weighted by Gasteiger charge is -2.36. The quantitative estimate of drug-likeness (QED) is 0.665. The lowest BCUT2D eigenvalue weighted by atomic mass is 9.99. The maximum atomic E-state index is 12.6. The molecule has 6 heteroatoms. The van der Waals surface area contributed by atoms with Crippen LogP contribution in [0.1, 0.15) is 59.3 Å². The zero-order valence-electron chi connectivity index (χ0n) is 15.2. The van der Waals surface area contributed by atoms with Gasteiger partial charge in [-0.05, 0) is 52.4 Å². The number of piperidine rings is 1. The molecular weight excluding hydrogens is 310 g/mol. The Morgan fingerprint density at radius 2 is 1.96 bits per heavy atom. The Bertz CT molecular complexity index is 422. The molecule has 2 aliphatic rings. The minimum atomic E-state index is -0.765. The fourth-order valence-electron chi connectivity index (χ4n) is 3.36. The molecule has 2 saturated heterocycles. The van der Waals surface area contributed by atoms with Crippen LogP contribution in [0.2, 0.25) is 0 Å². The van der Waals surface area contributed by atoms with Crippen LogP contribution in [0.4, 0.5) is 0 Å². The SMILES string of the molecule is CCC1CCCCN1C(=O)C(C)OC(=O)C(C)OCC1CCCO1. The van der Waals surface area contributed by atoms with Gasteiger partial charge < -0.3 is 19.1 Å². The van der Waals surface area contributed by atoms with E-state index in [4.69, 9.17) is 14.2 Å². The van der Waals surface area contributed by atoms with E-state index in [2.05, 4.69) is 6.92 Å². The summed E-state index contributed by atoms with van der Waals surface area (Å²) >= 11 is 0. The Kier molecular flexibility index (Phi) is 7.49. The Morgan fingerprint density at radius 3 is 2.62 bits per heavy atom. The molecule has 2 rings (SSSR count). The summed E-state index contributed by atoms with van der Waals surface area (Å²) in [5.41, 5.74) is 0. The molecule has 0 aromatic carbocycles. The lowest BCUT2D eigenvalue weighted by Crippen LogP contribution is -2.48. The molecule has 0 aliphatic carbocycles. The van der Waals surface area contributed by atoms with Gasteiger partial charge in [0.15, 0.2) is 12.2 Å². The number of hydrogen-bond acceptors (Lipinski definition) is 5. The fraction of sp³-hybridized carbons (Fsp3) is 0.889. The molecule has 2 fully saturated rings. The van der Waals surface area contributed by atoms with Crippen LogP contribution >= 0.6 is 0 Å². The van der Waals surface area contributed by atoms with Crippen LogP contribution in [0.25, 0.3) is 0 Å². The molecule has 0 aromatic heterocycles. The van der Waals surface area contributed by atoms with E-state index in [1.807, 2.05) is 4.90 Å². The van der Waals surface area contributed by atoms with Crippen molar-refractivity contribution in [2.75, 3.05) is 19.8 Å². The molecule has 24 heavy (non-hydrogen) atoms. The van der Waals surface area contributed by atoms with E-state index in [0.717, 1.165) is 51.7 Å². The average molecular weight is 341 g/mol. The van der Waals surface area contributed by atoms with Crippen LogP contribution in [-0.2, 0) is 23.8 Å². The molecule has 4 unspecified atom stereocenters. The summed E-state index contributed by atoms with van der Waals surface area (Å²) in [6.07, 6.45) is 4.76. The Hall–Kier alpha value is -1.14. The van der Waals surface area contributed by atoms with E-state index >= 15 is 0 Å². The van der Waals surface area contributed by atoms with Crippen LogP contribution in [0.15, 0.2) is 0 Å². The summed E-state index contributed by atoms with van der Waals surface area (Å²) in [4.78, 5) is 26.6. The molecule has 0 bridgehead atoms. The van der Waals surface area contributed by atoms with Crippen molar-refractivity contribution in [3.63, 3.8) is 0 Å². The lowest BCUT2D eigenvalue weighted by molar-refractivity contribution is -0.170. The van der Waals surface area contributed by atoms with Gasteiger partial charge in [-0.3, -0.25) is 4.79 Å². The highest BCUT2D eigenvalue weighted by Gasteiger charge is 2.31. The summed E-state index contributed by atoms with van der Waals surface area (Å²) in [7, 11) is 0. The van der Waals surface area contributed by atoms with E-state index in [1.165, 1.54) is 0 Å². The number of amides is 1. The normalized spacial score (nSPS) is 26.9. The van der Waals surface area contributed by atoms with Gasteiger partial charge in [0.1, 0.15) is 0 Å². The van der Waals surface area contributed by atoms with E-state index in [-0.39, 0.29) is 18.1 Å². The van der Waals surface area contributed by atoms with Crippen LogP contribution in [0.5, 0.6) is 0 Å². The van der Waals surface area contributed by atoms with Crippen molar-refractivity contribution in [2.24, 2.45) is 0 Å². The minimum Gasteiger partial charge on any atom is -0.451 e. The predicted octanol–water partition coefficient (Wildman–Crippen LogP) is 2.29. The highest BCUT2D eigenvalue weighted by atomic mass is 16.6. The topological polar surface area (TPSA) is 65.1 Å². The first kappa shape index (κ1) is 19.2. The first-order valence-electron chi connectivity index (χ1n) is 9.27. The van der Waals surface area contributed by atoms with Crippen LogP contribution in [0, 0.1) is 0 Å². The van der Waals surface area contributed by atoms with Crippen molar-refractivity contribution in [1.82, 2.24) is 4.90 Å². The number of esters is 1. The zero-order chi connectivity index (χ0) is 17.5. The van der Waals surface area contributed by atoms with Gasteiger partial charge in [0.2, 0.25) is 0 Å². The van der Waals surface area contributed by atoms with Gasteiger partial charge in [-0.2, -0.15) is 0 Å². The first-order chi connectivity index (χ1) is 11.5. The van der Waals surface area contributed by atoms with Gasteiger partial charge in [-0.25, -0.2) is 4.79 Å². The zero-order valence-corrected chi connectivity index (χ0v) is 15.2. The van der Waals surface area contributed by atoms with Gasteiger partial charge in [-0.15, -0.1) is 0 Å². The molecule has 2 heterocycles. The third-order valence-corrected chi connectivity index (χ3v) is 4.91. The smallest absolute Gasteiger partial charge is 0.335 e. The standard InChI is InChI=1S/C18H31NO5/c1-4-15-8-5-6-10-19(15)17(20)13(2)24-18(21)14(3)23-12-16-9-7-11-22-16/h13-16H,4-12H2,1-3H3. The number of rotatable bonds is 7. The molecule has 2 aliphatic heterocycles. The second-order valence-electron chi connectivity index (χ2n) is 6.78. The highest BCUT2D eigenvalue weighted by molar-refractivity contribution is 5.84. The van der Waals surface area contributed by atoms with Crippen molar-refractivity contribution in [3.8, 4) is 0 Å². The molecule has 1 amide bonds. The molecule has 0 radical (unpaired) electrons. The second kappa shape index (κ2) is 9.37. The fourth-order valence-corrected chi connectivity index (χ4v) is 3.36. The van der Waals surface area contributed by atoms with Crippen molar-refractivity contribution < 1.29 is 23.8 Å². The number of carbonyl (C=O) groups is 2. The first-order valence-corrected chi connectivity index (χ1v) is 9.27. The maximum Gasteiger partial charge on any atom is 0.335 e. The van der Waals surface area contributed by atoms with Gasteiger partial charge in [0.25, 0.3) is 5.91 Å². The molecule has 0 aromatic rings. The van der Waals surface area contributed by atoms with Crippen molar-refractivity contribution in [3.05, 3.63) is 0 Å². The van der Waals surface area contributed by atoms with E-state index < -0.39 is 18.2 Å². The van der Waals surface area contributed by atoms with E-state index in [1.54, 1.807) is 13.8 Å². The largest absolute Gasteiger partial charge is 0.451 e.